The van der Waals surface area contributed by atoms with Gasteiger partial charge in [0.15, 0.2) is 0 Å². The molecule has 3 aromatic carbocycles. The number of carboxylic acid groups (broad SMARTS) is 1. The number of aromatic nitrogens is 2. The molecule has 1 aliphatic rings. The van der Waals surface area contributed by atoms with Crippen molar-refractivity contribution in [2.24, 2.45) is 0 Å². The van der Waals surface area contributed by atoms with Gasteiger partial charge >= 0.3 is 5.97 Å². The van der Waals surface area contributed by atoms with Gasteiger partial charge in [0, 0.05) is 30.0 Å². The molecule has 39 heavy (non-hydrogen) atoms. The van der Waals surface area contributed by atoms with E-state index in [-0.39, 0.29) is 34.1 Å². The second-order valence-electron chi connectivity index (χ2n) is 9.51. The molecule has 0 unspecified atom stereocenters. The zero-order valence-electron chi connectivity index (χ0n) is 20.5. The van der Waals surface area contributed by atoms with Crippen molar-refractivity contribution in [2.75, 3.05) is 4.31 Å². The summed E-state index contributed by atoms with van der Waals surface area (Å²) >= 11 is 0. The van der Waals surface area contributed by atoms with Crippen molar-refractivity contribution in [3.63, 3.8) is 0 Å². The van der Waals surface area contributed by atoms with Gasteiger partial charge in [-0.15, -0.1) is 0 Å². The molecule has 1 aliphatic carbocycles. The highest BCUT2D eigenvalue weighted by Gasteiger charge is 2.31. The highest BCUT2D eigenvalue weighted by Crippen LogP contribution is 2.39. The molecule has 0 radical (unpaired) electrons. The lowest BCUT2D eigenvalue weighted by Gasteiger charge is -2.26. The van der Waals surface area contributed by atoms with Crippen molar-refractivity contribution < 1.29 is 22.7 Å². The second-order valence-corrected chi connectivity index (χ2v) is 11.4. The summed E-state index contributed by atoms with van der Waals surface area (Å²) in [5, 5.41) is 11.0. The van der Waals surface area contributed by atoms with Crippen LogP contribution in [-0.4, -0.2) is 29.0 Å². The number of benzene rings is 3. The standard InChI is InChI=1S/C29H22FN3O5S/c30-25-14-23-26(32(21-6-7-21)17-24(28(23)34)29(35)36)15-27(25)33(16-18-9-11-31-12-10-18)39(37,38)22-8-5-19-3-1-2-4-20(19)13-22/h1-5,8-15,17,21H,6-7,16H2,(H,35,36). The van der Waals surface area contributed by atoms with Crippen LogP contribution >= 0.6 is 0 Å². The minimum Gasteiger partial charge on any atom is -0.477 e. The first-order valence-electron chi connectivity index (χ1n) is 12.3. The SMILES string of the molecule is O=C(O)c1cn(C2CC2)c2cc(N(Cc3ccncc3)S(=O)(=O)c3ccc4ccccc4c3)c(F)cc2c1=O. The normalized spacial score (nSPS) is 13.6. The molecule has 2 aromatic heterocycles. The van der Waals surface area contributed by atoms with Gasteiger partial charge < -0.3 is 9.67 Å². The van der Waals surface area contributed by atoms with Gasteiger partial charge in [-0.2, -0.15) is 0 Å². The Morgan fingerprint density at radius 2 is 1.74 bits per heavy atom. The number of hydrogen-bond donors (Lipinski definition) is 1. The van der Waals surface area contributed by atoms with E-state index in [0.29, 0.717) is 10.9 Å². The van der Waals surface area contributed by atoms with Gasteiger partial charge in [-0.3, -0.25) is 14.1 Å². The fourth-order valence-electron chi connectivity index (χ4n) is 4.77. The lowest BCUT2D eigenvalue weighted by Crippen LogP contribution is -2.31. The molecule has 1 fully saturated rings. The Morgan fingerprint density at radius 1 is 1.03 bits per heavy atom. The topological polar surface area (TPSA) is 110 Å². The monoisotopic (exact) mass is 543 g/mol. The summed E-state index contributed by atoms with van der Waals surface area (Å²) < 4.78 is 46.7. The number of hydrogen-bond acceptors (Lipinski definition) is 5. The fraction of sp³-hybridized carbons (Fsp3) is 0.138. The molecule has 196 valence electrons. The number of anilines is 1. The molecule has 0 saturated heterocycles. The smallest absolute Gasteiger partial charge is 0.341 e. The third-order valence-corrected chi connectivity index (χ3v) is 8.68. The van der Waals surface area contributed by atoms with Crippen LogP contribution in [0.3, 0.4) is 0 Å². The Balaban J connectivity index is 1.58. The summed E-state index contributed by atoms with van der Waals surface area (Å²) in [6, 6.07) is 17.5. The molecule has 10 heteroatoms. The molecule has 0 bridgehead atoms. The van der Waals surface area contributed by atoms with Crippen LogP contribution in [0.5, 0.6) is 0 Å². The molecular weight excluding hydrogens is 521 g/mol. The largest absolute Gasteiger partial charge is 0.477 e. The summed E-state index contributed by atoms with van der Waals surface area (Å²) in [6.45, 7) is -0.193. The fourth-order valence-corrected chi connectivity index (χ4v) is 6.25. The van der Waals surface area contributed by atoms with Crippen LogP contribution in [0.1, 0.15) is 34.8 Å². The number of rotatable bonds is 7. The van der Waals surface area contributed by atoms with Gasteiger partial charge in [-0.1, -0.05) is 30.3 Å². The molecule has 8 nitrogen and oxygen atoms in total. The molecule has 1 N–H and O–H groups in total. The van der Waals surface area contributed by atoms with Gasteiger partial charge in [0.05, 0.1) is 22.6 Å². The van der Waals surface area contributed by atoms with Crippen LogP contribution in [0.4, 0.5) is 10.1 Å². The number of carbonyl (C=O) groups is 1. The third kappa shape index (κ3) is 4.42. The van der Waals surface area contributed by atoms with E-state index in [4.69, 9.17) is 0 Å². The Morgan fingerprint density at radius 3 is 2.44 bits per heavy atom. The predicted molar refractivity (Wildman–Crippen MR) is 145 cm³/mol. The Bertz CT molecular complexity index is 1940. The first-order valence-corrected chi connectivity index (χ1v) is 13.7. The van der Waals surface area contributed by atoms with Crippen molar-refractivity contribution in [1.29, 1.82) is 0 Å². The zero-order chi connectivity index (χ0) is 27.3. The van der Waals surface area contributed by atoms with Crippen LogP contribution in [0.15, 0.2) is 95.0 Å². The zero-order valence-corrected chi connectivity index (χ0v) is 21.3. The minimum absolute atomic E-state index is 0.0180. The molecule has 0 aliphatic heterocycles. The van der Waals surface area contributed by atoms with Gasteiger partial charge in [-0.05, 0) is 65.6 Å². The molecule has 6 rings (SSSR count). The van der Waals surface area contributed by atoms with E-state index in [0.717, 1.165) is 28.6 Å². The summed E-state index contributed by atoms with van der Waals surface area (Å²) in [5.41, 5.74) is -0.673. The molecule has 5 aromatic rings. The summed E-state index contributed by atoms with van der Waals surface area (Å²) in [4.78, 5) is 28.6. The van der Waals surface area contributed by atoms with E-state index in [9.17, 15) is 23.1 Å². The van der Waals surface area contributed by atoms with Crippen molar-refractivity contribution in [2.45, 2.75) is 30.3 Å². The minimum atomic E-state index is -4.29. The number of fused-ring (bicyclic) bond motifs is 2. The average molecular weight is 544 g/mol. The van der Waals surface area contributed by atoms with Crippen LogP contribution in [0.25, 0.3) is 21.7 Å². The molecule has 1 saturated carbocycles. The maximum absolute atomic E-state index is 15.8. The van der Waals surface area contributed by atoms with Gasteiger partial charge in [0.2, 0.25) is 5.43 Å². The van der Waals surface area contributed by atoms with Gasteiger partial charge in [0.1, 0.15) is 11.4 Å². The number of pyridine rings is 2. The highest BCUT2D eigenvalue weighted by atomic mass is 32.2. The van der Waals surface area contributed by atoms with Crippen molar-refractivity contribution in [3.8, 4) is 0 Å². The molecular formula is C29H22FN3O5S. The lowest BCUT2D eigenvalue weighted by atomic mass is 10.1. The van der Waals surface area contributed by atoms with E-state index < -0.39 is 32.8 Å². The van der Waals surface area contributed by atoms with E-state index in [1.165, 1.54) is 30.7 Å². The van der Waals surface area contributed by atoms with E-state index >= 15 is 4.39 Å². The third-order valence-electron chi connectivity index (χ3n) is 6.92. The van der Waals surface area contributed by atoms with E-state index in [2.05, 4.69) is 4.98 Å². The first kappa shape index (κ1) is 24.7. The first-order chi connectivity index (χ1) is 18.7. The summed E-state index contributed by atoms with van der Waals surface area (Å²) in [5.74, 6) is -2.36. The van der Waals surface area contributed by atoms with Crippen molar-refractivity contribution in [3.05, 3.63) is 112 Å². The van der Waals surface area contributed by atoms with E-state index in [1.807, 2.05) is 12.1 Å². The summed E-state index contributed by atoms with van der Waals surface area (Å²) in [6.07, 6.45) is 5.83. The second kappa shape index (κ2) is 9.32. The van der Waals surface area contributed by atoms with Crippen LogP contribution < -0.4 is 9.73 Å². The van der Waals surface area contributed by atoms with Crippen LogP contribution in [0, 0.1) is 5.82 Å². The number of aromatic carboxylic acids is 1. The molecule has 0 spiro atoms. The quantitative estimate of drug-likeness (QED) is 0.305. The lowest BCUT2D eigenvalue weighted by molar-refractivity contribution is 0.0694. The van der Waals surface area contributed by atoms with Crippen molar-refractivity contribution in [1.82, 2.24) is 9.55 Å². The average Bonchev–Trinajstić information content (AvgIpc) is 3.78. The maximum atomic E-state index is 15.8. The number of halogens is 1. The van der Waals surface area contributed by atoms with Crippen LogP contribution in [0.2, 0.25) is 0 Å². The molecule has 0 atom stereocenters. The van der Waals surface area contributed by atoms with E-state index in [1.54, 1.807) is 41.0 Å². The van der Waals surface area contributed by atoms with Crippen LogP contribution in [-0.2, 0) is 16.6 Å². The number of carboxylic acids is 1. The van der Waals surface area contributed by atoms with Gasteiger partial charge in [0.25, 0.3) is 10.0 Å². The Hall–Kier alpha value is -4.57. The Kier molecular flexibility index (Phi) is 5.91. The maximum Gasteiger partial charge on any atom is 0.341 e. The number of nitrogens with zero attached hydrogens (tertiary/aromatic N) is 3. The predicted octanol–water partition coefficient (Wildman–Crippen LogP) is 5.12. The Labute approximate surface area is 222 Å². The summed E-state index contributed by atoms with van der Waals surface area (Å²) in [7, 11) is -4.29. The molecule has 2 heterocycles. The number of sulfonamides is 1. The molecule has 0 amide bonds. The van der Waals surface area contributed by atoms with Gasteiger partial charge in [-0.25, -0.2) is 17.6 Å². The van der Waals surface area contributed by atoms with Crippen molar-refractivity contribution >= 4 is 43.4 Å². The highest BCUT2D eigenvalue weighted by molar-refractivity contribution is 7.92.